The minimum absolute atomic E-state index is 0.319. The summed E-state index contributed by atoms with van der Waals surface area (Å²) in [6.45, 7) is 11.2. The van der Waals surface area contributed by atoms with Gasteiger partial charge in [0, 0.05) is 38.4 Å². The number of ether oxygens (including phenoxy) is 2. The Bertz CT molecular complexity index is 768. The van der Waals surface area contributed by atoms with E-state index in [1.54, 1.807) is 7.11 Å². The topological polar surface area (TPSA) is 45.2 Å². The van der Waals surface area contributed by atoms with E-state index in [1.807, 2.05) is 18.2 Å². The first-order valence-corrected chi connectivity index (χ1v) is 10.5. The van der Waals surface area contributed by atoms with Gasteiger partial charge in [0.25, 0.3) is 0 Å². The van der Waals surface area contributed by atoms with Crippen molar-refractivity contribution in [2.45, 2.75) is 32.8 Å². The maximum atomic E-state index is 10.4. The molecule has 2 aromatic carbocycles. The molecular weight excluding hydrogens is 364 g/mol. The van der Waals surface area contributed by atoms with E-state index in [-0.39, 0.29) is 0 Å². The number of β-amino-alcohol motifs (C(OH)–C–C–N with tert-alkyl or cyclic N) is 1. The van der Waals surface area contributed by atoms with Crippen molar-refractivity contribution in [1.82, 2.24) is 4.90 Å². The van der Waals surface area contributed by atoms with Crippen LogP contribution in [0, 0.1) is 6.92 Å². The van der Waals surface area contributed by atoms with Crippen molar-refractivity contribution in [1.29, 1.82) is 0 Å². The Morgan fingerprint density at radius 3 is 2.21 bits per heavy atom. The first kappa shape index (κ1) is 21.5. The molecule has 1 aliphatic heterocycles. The molecule has 1 saturated heterocycles. The Balaban J connectivity index is 1.42. The van der Waals surface area contributed by atoms with Crippen molar-refractivity contribution in [3.05, 3.63) is 53.6 Å². The number of benzene rings is 2. The van der Waals surface area contributed by atoms with E-state index in [0.717, 1.165) is 37.7 Å². The molecule has 0 aromatic heterocycles. The van der Waals surface area contributed by atoms with E-state index in [9.17, 15) is 5.11 Å². The number of aliphatic hydroxyl groups is 1. The Morgan fingerprint density at radius 1 is 0.966 bits per heavy atom. The zero-order valence-corrected chi connectivity index (χ0v) is 18.1. The van der Waals surface area contributed by atoms with Gasteiger partial charge in [0.1, 0.15) is 24.2 Å². The predicted octanol–water partition coefficient (Wildman–Crippen LogP) is 3.69. The molecule has 1 atom stereocenters. The fourth-order valence-corrected chi connectivity index (χ4v) is 3.91. The van der Waals surface area contributed by atoms with Gasteiger partial charge < -0.3 is 19.5 Å². The summed E-state index contributed by atoms with van der Waals surface area (Å²) in [5.74, 6) is 2.21. The summed E-state index contributed by atoms with van der Waals surface area (Å²) in [6.07, 6.45) is -0.493. The summed E-state index contributed by atoms with van der Waals surface area (Å²) in [5.41, 5.74) is 3.80. The molecule has 1 unspecified atom stereocenters. The molecule has 0 radical (unpaired) electrons. The highest BCUT2D eigenvalue weighted by Crippen LogP contribution is 2.24. The van der Waals surface area contributed by atoms with Gasteiger partial charge in [-0.05, 0) is 60.4 Å². The van der Waals surface area contributed by atoms with Crippen LogP contribution in [0.1, 0.15) is 30.9 Å². The second-order valence-electron chi connectivity index (χ2n) is 8.12. The summed E-state index contributed by atoms with van der Waals surface area (Å²) >= 11 is 0. The molecule has 5 nitrogen and oxygen atoms in total. The molecule has 0 saturated carbocycles. The first-order chi connectivity index (χ1) is 14.0. The van der Waals surface area contributed by atoms with Crippen LogP contribution >= 0.6 is 0 Å². The van der Waals surface area contributed by atoms with Gasteiger partial charge in [0.15, 0.2) is 0 Å². The quantitative estimate of drug-likeness (QED) is 0.735. The number of anilines is 1. The third kappa shape index (κ3) is 5.87. The maximum Gasteiger partial charge on any atom is 0.119 e. The zero-order chi connectivity index (χ0) is 20.8. The number of piperazine rings is 1. The summed E-state index contributed by atoms with van der Waals surface area (Å²) in [5, 5.41) is 10.4. The molecule has 1 N–H and O–H groups in total. The lowest BCUT2D eigenvalue weighted by Crippen LogP contribution is -2.49. The summed E-state index contributed by atoms with van der Waals surface area (Å²) in [4.78, 5) is 4.68. The molecule has 0 bridgehead atoms. The van der Waals surface area contributed by atoms with Gasteiger partial charge in [-0.25, -0.2) is 0 Å². The molecule has 1 fully saturated rings. The van der Waals surface area contributed by atoms with Crippen molar-refractivity contribution in [2.75, 3.05) is 51.3 Å². The summed E-state index contributed by atoms with van der Waals surface area (Å²) in [7, 11) is 1.69. The molecule has 0 spiro atoms. The van der Waals surface area contributed by atoms with Gasteiger partial charge in [-0.15, -0.1) is 0 Å². The van der Waals surface area contributed by atoms with E-state index < -0.39 is 6.10 Å². The smallest absolute Gasteiger partial charge is 0.119 e. The SMILES string of the molecule is COc1ccc(N2CCN(CC(O)COc3ccc(C(C)C)c(C)c3)CC2)cc1. The number of methoxy groups -OCH3 is 1. The number of nitrogens with zero attached hydrogens (tertiary/aromatic N) is 2. The first-order valence-electron chi connectivity index (χ1n) is 10.5. The lowest BCUT2D eigenvalue weighted by atomic mass is 9.98. The highest BCUT2D eigenvalue weighted by molar-refractivity contribution is 5.49. The molecule has 29 heavy (non-hydrogen) atoms. The van der Waals surface area contributed by atoms with E-state index in [1.165, 1.54) is 16.8 Å². The third-order valence-electron chi connectivity index (χ3n) is 5.58. The highest BCUT2D eigenvalue weighted by Gasteiger charge is 2.20. The highest BCUT2D eigenvalue weighted by atomic mass is 16.5. The summed E-state index contributed by atoms with van der Waals surface area (Å²) in [6, 6.07) is 14.4. The van der Waals surface area contributed by atoms with Crippen LogP contribution in [0.5, 0.6) is 11.5 Å². The molecule has 0 aliphatic carbocycles. The fraction of sp³-hybridized carbons (Fsp3) is 0.500. The Morgan fingerprint density at radius 2 is 1.62 bits per heavy atom. The van der Waals surface area contributed by atoms with Crippen molar-refractivity contribution in [3.63, 3.8) is 0 Å². The lowest BCUT2D eigenvalue weighted by Gasteiger charge is -2.36. The largest absolute Gasteiger partial charge is 0.497 e. The molecule has 1 aliphatic rings. The molecule has 1 heterocycles. The van der Waals surface area contributed by atoms with Crippen molar-refractivity contribution < 1.29 is 14.6 Å². The molecule has 0 amide bonds. The van der Waals surface area contributed by atoms with Crippen LogP contribution in [0.4, 0.5) is 5.69 Å². The van der Waals surface area contributed by atoms with Gasteiger partial charge in [-0.1, -0.05) is 19.9 Å². The lowest BCUT2D eigenvalue weighted by molar-refractivity contribution is 0.0663. The van der Waals surface area contributed by atoms with Gasteiger partial charge in [0.05, 0.1) is 7.11 Å². The minimum atomic E-state index is -0.493. The predicted molar refractivity (Wildman–Crippen MR) is 118 cm³/mol. The van der Waals surface area contributed by atoms with Gasteiger partial charge in [-0.3, -0.25) is 4.90 Å². The van der Waals surface area contributed by atoms with E-state index in [4.69, 9.17) is 9.47 Å². The maximum absolute atomic E-state index is 10.4. The second-order valence-corrected chi connectivity index (χ2v) is 8.12. The zero-order valence-electron chi connectivity index (χ0n) is 18.1. The van der Waals surface area contributed by atoms with Crippen molar-refractivity contribution >= 4 is 5.69 Å². The van der Waals surface area contributed by atoms with Crippen LogP contribution in [0.15, 0.2) is 42.5 Å². The molecule has 2 aromatic rings. The number of aliphatic hydroxyl groups excluding tert-OH is 1. The Labute approximate surface area is 174 Å². The minimum Gasteiger partial charge on any atom is -0.497 e. The number of aryl methyl sites for hydroxylation is 1. The monoisotopic (exact) mass is 398 g/mol. The average molecular weight is 399 g/mol. The van der Waals surface area contributed by atoms with Crippen LogP contribution in [0.25, 0.3) is 0 Å². The molecular formula is C24H34N2O3. The van der Waals surface area contributed by atoms with Gasteiger partial charge >= 0.3 is 0 Å². The average Bonchev–Trinajstić information content (AvgIpc) is 2.73. The molecule has 5 heteroatoms. The third-order valence-corrected chi connectivity index (χ3v) is 5.58. The number of hydrogen-bond acceptors (Lipinski definition) is 5. The fourth-order valence-electron chi connectivity index (χ4n) is 3.91. The van der Waals surface area contributed by atoms with Crippen LogP contribution < -0.4 is 14.4 Å². The Kier molecular flexibility index (Phi) is 7.40. The van der Waals surface area contributed by atoms with E-state index in [2.05, 4.69) is 54.8 Å². The number of rotatable bonds is 8. The van der Waals surface area contributed by atoms with Crippen molar-refractivity contribution in [3.8, 4) is 11.5 Å². The van der Waals surface area contributed by atoms with Crippen LogP contribution in [0.3, 0.4) is 0 Å². The van der Waals surface area contributed by atoms with Gasteiger partial charge in [0.2, 0.25) is 0 Å². The second kappa shape index (κ2) is 9.99. The van der Waals surface area contributed by atoms with Crippen LogP contribution in [0.2, 0.25) is 0 Å². The van der Waals surface area contributed by atoms with Gasteiger partial charge in [-0.2, -0.15) is 0 Å². The standard InChI is InChI=1S/C24H34N2O3/c1-18(2)24-10-9-23(15-19(24)3)29-17-21(27)16-25-11-13-26(14-12-25)20-5-7-22(28-4)8-6-20/h5-10,15,18,21,27H,11-14,16-17H2,1-4H3. The van der Waals surface area contributed by atoms with E-state index in [0.29, 0.717) is 19.1 Å². The van der Waals surface area contributed by atoms with Crippen molar-refractivity contribution in [2.24, 2.45) is 0 Å². The number of hydrogen-bond donors (Lipinski definition) is 1. The Hall–Kier alpha value is -2.24. The molecule has 158 valence electrons. The molecule has 3 rings (SSSR count). The van der Waals surface area contributed by atoms with Crippen LogP contribution in [-0.2, 0) is 0 Å². The van der Waals surface area contributed by atoms with Crippen LogP contribution in [-0.4, -0.2) is 62.6 Å². The summed E-state index contributed by atoms with van der Waals surface area (Å²) < 4.78 is 11.1. The van der Waals surface area contributed by atoms with E-state index >= 15 is 0 Å². The normalized spacial score (nSPS) is 16.1.